The summed E-state index contributed by atoms with van der Waals surface area (Å²) < 4.78 is 6.74. The first kappa shape index (κ1) is 16.5. The Labute approximate surface area is 155 Å². The lowest BCUT2D eigenvalue weighted by Crippen LogP contribution is -2.10. The lowest BCUT2D eigenvalue weighted by Gasteiger charge is -2.05. The van der Waals surface area contributed by atoms with Crippen LogP contribution < -0.4 is 0 Å². The number of rotatable bonds is 4. The molecular formula is C21H18N2O2S. The van der Waals surface area contributed by atoms with Gasteiger partial charge in [0, 0.05) is 33.6 Å². The molecule has 0 atom stereocenters. The smallest absolute Gasteiger partial charge is 0.325 e. The molecule has 5 heteroatoms. The fourth-order valence-electron chi connectivity index (χ4n) is 3.09. The Balaban J connectivity index is 1.74. The van der Waals surface area contributed by atoms with Crippen LogP contribution in [0.4, 0.5) is 0 Å². The number of thiazole rings is 1. The molecule has 2 aromatic carbocycles. The Morgan fingerprint density at radius 2 is 1.96 bits per heavy atom. The summed E-state index contributed by atoms with van der Waals surface area (Å²) in [6.45, 7) is 2.25. The first-order valence-electron chi connectivity index (χ1n) is 8.33. The van der Waals surface area contributed by atoms with Gasteiger partial charge in [-0.1, -0.05) is 42.5 Å². The second-order valence-corrected chi connectivity index (χ2v) is 7.01. The number of esters is 1. The van der Waals surface area contributed by atoms with Crippen molar-refractivity contribution >= 4 is 28.2 Å². The summed E-state index contributed by atoms with van der Waals surface area (Å²) in [5, 5.41) is 4.21. The highest BCUT2D eigenvalue weighted by atomic mass is 32.1. The topological polar surface area (TPSA) is 44.1 Å². The number of aryl methyl sites for hydroxylation is 1. The van der Waals surface area contributed by atoms with Crippen LogP contribution >= 0.6 is 11.3 Å². The van der Waals surface area contributed by atoms with Gasteiger partial charge in [0.1, 0.15) is 11.6 Å². The number of ether oxygens (including phenoxy) is 1. The number of benzene rings is 2. The molecular weight excluding hydrogens is 344 g/mol. The van der Waals surface area contributed by atoms with Crippen LogP contribution in [0.5, 0.6) is 0 Å². The molecule has 4 rings (SSSR count). The summed E-state index contributed by atoms with van der Waals surface area (Å²) in [5.74, 6) is -0.257. The number of fused-ring (bicyclic) bond motifs is 1. The van der Waals surface area contributed by atoms with Gasteiger partial charge in [0.2, 0.25) is 0 Å². The number of hydrogen-bond donors (Lipinski definition) is 0. The van der Waals surface area contributed by atoms with Crippen molar-refractivity contribution in [2.75, 3.05) is 7.11 Å². The van der Waals surface area contributed by atoms with Gasteiger partial charge in [-0.2, -0.15) is 0 Å². The van der Waals surface area contributed by atoms with Gasteiger partial charge >= 0.3 is 5.97 Å². The van der Waals surface area contributed by atoms with Crippen molar-refractivity contribution in [3.63, 3.8) is 0 Å². The molecule has 0 bridgehead atoms. The Kier molecular flexibility index (Phi) is 4.31. The highest BCUT2D eigenvalue weighted by Gasteiger charge is 2.12. The second kappa shape index (κ2) is 6.77. The van der Waals surface area contributed by atoms with E-state index >= 15 is 0 Å². The van der Waals surface area contributed by atoms with Crippen LogP contribution in [0.3, 0.4) is 0 Å². The van der Waals surface area contributed by atoms with Crippen molar-refractivity contribution in [2.45, 2.75) is 13.5 Å². The molecule has 0 aliphatic rings. The monoisotopic (exact) mass is 362 g/mol. The largest absolute Gasteiger partial charge is 0.468 e. The predicted octanol–water partition coefficient (Wildman–Crippen LogP) is 4.91. The summed E-state index contributed by atoms with van der Waals surface area (Å²) in [7, 11) is 1.41. The number of aromatic nitrogens is 2. The Morgan fingerprint density at radius 1 is 1.15 bits per heavy atom. The molecule has 0 saturated heterocycles. The average molecular weight is 362 g/mol. The lowest BCUT2D eigenvalue weighted by atomic mass is 10.1. The van der Waals surface area contributed by atoms with E-state index in [1.807, 2.05) is 35.9 Å². The molecule has 2 heterocycles. The standard InChI is InChI=1S/C21H18N2O2S/c1-14-11-23(12-20(24)25-2)19-10-16(8-9-17(14)19)18-13-26-21(22-18)15-6-4-3-5-7-15/h3-11,13H,12H2,1-2H3. The molecule has 130 valence electrons. The molecule has 4 aromatic rings. The van der Waals surface area contributed by atoms with Crippen LogP contribution in [0.2, 0.25) is 0 Å². The van der Waals surface area contributed by atoms with Crippen molar-refractivity contribution < 1.29 is 9.53 Å². The number of nitrogens with zero attached hydrogens (tertiary/aromatic N) is 2. The summed E-state index contributed by atoms with van der Waals surface area (Å²) in [6.07, 6.45) is 1.99. The van der Waals surface area contributed by atoms with E-state index in [0.29, 0.717) is 0 Å². The summed E-state index contributed by atoms with van der Waals surface area (Å²) in [5.41, 5.74) is 5.26. The fraction of sp³-hybridized carbons (Fsp3) is 0.143. The second-order valence-electron chi connectivity index (χ2n) is 6.15. The molecule has 26 heavy (non-hydrogen) atoms. The predicted molar refractivity (Wildman–Crippen MR) is 105 cm³/mol. The first-order chi connectivity index (χ1) is 12.7. The molecule has 0 N–H and O–H groups in total. The van der Waals surface area contributed by atoms with Crippen LogP contribution in [0, 0.1) is 6.92 Å². The highest BCUT2D eigenvalue weighted by Crippen LogP contribution is 2.31. The van der Waals surface area contributed by atoms with E-state index in [1.54, 1.807) is 11.3 Å². The van der Waals surface area contributed by atoms with Gasteiger partial charge in [-0.05, 0) is 18.6 Å². The molecule has 0 unspecified atom stereocenters. The summed E-state index contributed by atoms with van der Waals surface area (Å²) in [6, 6.07) is 16.4. The van der Waals surface area contributed by atoms with Gasteiger partial charge in [-0.25, -0.2) is 4.98 Å². The maximum absolute atomic E-state index is 11.7. The van der Waals surface area contributed by atoms with Crippen molar-refractivity contribution in [2.24, 2.45) is 0 Å². The maximum atomic E-state index is 11.7. The number of methoxy groups -OCH3 is 1. The van der Waals surface area contributed by atoms with Gasteiger partial charge in [0.25, 0.3) is 0 Å². The van der Waals surface area contributed by atoms with Crippen LogP contribution in [-0.2, 0) is 16.1 Å². The Hall–Kier alpha value is -2.92. The van der Waals surface area contributed by atoms with Crippen LogP contribution in [0.25, 0.3) is 32.7 Å². The van der Waals surface area contributed by atoms with Gasteiger partial charge in [0.15, 0.2) is 0 Å². The lowest BCUT2D eigenvalue weighted by molar-refractivity contribution is -0.141. The maximum Gasteiger partial charge on any atom is 0.325 e. The minimum absolute atomic E-state index is 0.205. The van der Waals surface area contributed by atoms with E-state index < -0.39 is 0 Å². The van der Waals surface area contributed by atoms with Crippen LogP contribution in [0.1, 0.15) is 5.56 Å². The zero-order valence-electron chi connectivity index (χ0n) is 14.6. The van der Waals surface area contributed by atoms with E-state index in [1.165, 1.54) is 7.11 Å². The summed E-state index contributed by atoms with van der Waals surface area (Å²) in [4.78, 5) is 16.5. The first-order valence-corrected chi connectivity index (χ1v) is 9.21. The van der Waals surface area contributed by atoms with Crippen LogP contribution in [0.15, 0.2) is 60.1 Å². The van der Waals surface area contributed by atoms with E-state index in [0.717, 1.165) is 38.3 Å². The van der Waals surface area contributed by atoms with Crippen molar-refractivity contribution in [3.05, 3.63) is 65.7 Å². The molecule has 0 spiro atoms. The van der Waals surface area contributed by atoms with Gasteiger partial charge in [0.05, 0.1) is 12.8 Å². The minimum Gasteiger partial charge on any atom is -0.468 e. The number of hydrogen-bond acceptors (Lipinski definition) is 4. The molecule has 0 amide bonds. The van der Waals surface area contributed by atoms with Gasteiger partial charge in [-0.3, -0.25) is 4.79 Å². The SMILES string of the molecule is COC(=O)Cn1cc(C)c2ccc(-c3csc(-c4ccccc4)n3)cc21. The van der Waals surface area contributed by atoms with Crippen molar-refractivity contribution in [3.8, 4) is 21.8 Å². The molecule has 0 radical (unpaired) electrons. The van der Waals surface area contributed by atoms with Crippen molar-refractivity contribution in [1.82, 2.24) is 9.55 Å². The third-order valence-electron chi connectivity index (χ3n) is 4.43. The third kappa shape index (κ3) is 3.02. The van der Waals surface area contributed by atoms with E-state index in [2.05, 4.69) is 35.7 Å². The fourth-order valence-corrected chi connectivity index (χ4v) is 3.92. The molecule has 0 saturated carbocycles. The van der Waals surface area contributed by atoms with E-state index in [-0.39, 0.29) is 12.5 Å². The Morgan fingerprint density at radius 3 is 2.73 bits per heavy atom. The average Bonchev–Trinajstić information content (AvgIpc) is 3.28. The molecule has 4 nitrogen and oxygen atoms in total. The zero-order valence-corrected chi connectivity index (χ0v) is 15.4. The number of carbonyl (C=O) groups is 1. The number of carbonyl (C=O) groups excluding carboxylic acids is 1. The van der Waals surface area contributed by atoms with Gasteiger partial charge < -0.3 is 9.30 Å². The normalized spacial score (nSPS) is 11.0. The highest BCUT2D eigenvalue weighted by molar-refractivity contribution is 7.13. The van der Waals surface area contributed by atoms with E-state index in [4.69, 9.17) is 9.72 Å². The van der Waals surface area contributed by atoms with Crippen molar-refractivity contribution in [1.29, 1.82) is 0 Å². The molecule has 0 aliphatic heterocycles. The third-order valence-corrected chi connectivity index (χ3v) is 5.32. The Bertz CT molecular complexity index is 1080. The van der Waals surface area contributed by atoms with Gasteiger partial charge in [-0.15, -0.1) is 11.3 Å². The van der Waals surface area contributed by atoms with E-state index in [9.17, 15) is 4.79 Å². The molecule has 0 fully saturated rings. The molecule has 0 aliphatic carbocycles. The molecule has 2 aromatic heterocycles. The van der Waals surface area contributed by atoms with Crippen LogP contribution in [-0.4, -0.2) is 22.6 Å². The zero-order chi connectivity index (χ0) is 18.1. The quantitative estimate of drug-likeness (QED) is 0.484. The summed E-state index contributed by atoms with van der Waals surface area (Å²) >= 11 is 1.63. The minimum atomic E-state index is -0.257.